The van der Waals surface area contributed by atoms with Crippen LogP contribution in [0.4, 0.5) is 0 Å². The summed E-state index contributed by atoms with van der Waals surface area (Å²) in [4.78, 5) is 19.5. The third-order valence-corrected chi connectivity index (χ3v) is 4.19. The molecule has 4 rings (SSSR count). The summed E-state index contributed by atoms with van der Waals surface area (Å²) < 4.78 is 11.0. The van der Waals surface area contributed by atoms with Gasteiger partial charge in [0.05, 0.1) is 6.42 Å². The number of nitrogens with zero attached hydrogens (tertiary/aromatic N) is 1. The van der Waals surface area contributed by atoms with Crippen LogP contribution in [0.25, 0.3) is 10.9 Å². The van der Waals surface area contributed by atoms with Crippen LogP contribution in [0.2, 0.25) is 0 Å². The van der Waals surface area contributed by atoms with E-state index in [0.717, 1.165) is 16.5 Å². The lowest BCUT2D eigenvalue weighted by molar-refractivity contribution is -0.134. The van der Waals surface area contributed by atoms with E-state index < -0.39 is 0 Å². The average molecular weight is 358 g/mol. The van der Waals surface area contributed by atoms with Crippen molar-refractivity contribution >= 4 is 16.9 Å². The molecule has 2 heterocycles. The molecule has 0 bridgehead atoms. The van der Waals surface area contributed by atoms with E-state index >= 15 is 0 Å². The zero-order chi connectivity index (χ0) is 18.5. The number of hydrogen-bond donors (Lipinski definition) is 1. The van der Waals surface area contributed by atoms with Gasteiger partial charge in [0.2, 0.25) is 5.88 Å². The SMILES string of the molecule is O=C(CCc1c[nH]c2ccccc12)Oc1ccc(Oc2ccccn2)cc1. The van der Waals surface area contributed by atoms with Gasteiger partial charge in [-0.2, -0.15) is 0 Å². The van der Waals surface area contributed by atoms with Crippen LogP contribution in [-0.4, -0.2) is 15.9 Å². The second-order valence-corrected chi connectivity index (χ2v) is 6.08. The van der Waals surface area contributed by atoms with Gasteiger partial charge in [-0.25, -0.2) is 4.98 Å². The van der Waals surface area contributed by atoms with Gasteiger partial charge in [-0.05, 0) is 48.4 Å². The van der Waals surface area contributed by atoms with E-state index in [1.807, 2.05) is 42.6 Å². The Labute approximate surface area is 156 Å². The molecule has 0 saturated heterocycles. The quantitative estimate of drug-likeness (QED) is 0.393. The lowest BCUT2D eigenvalue weighted by Gasteiger charge is -2.07. The predicted molar refractivity (Wildman–Crippen MR) is 103 cm³/mol. The summed E-state index contributed by atoms with van der Waals surface area (Å²) in [5.74, 6) is 1.37. The predicted octanol–water partition coefficient (Wildman–Crippen LogP) is 4.89. The highest BCUT2D eigenvalue weighted by atomic mass is 16.5. The minimum Gasteiger partial charge on any atom is -0.439 e. The summed E-state index contributed by atoms with van der Waals surface area (Å²) >= 11 is 0. The lowest BCUT2D eigenvalue weighted by Crippen LogP contribution is -2.08. The summed E-state index contributed by atoms with van der Waals surface area (Å²) in [5, 5.41) is 1.14. The third-order valence-electron chi connectivity index (χ3n) is 4.19. The fourth-order valence-corrected chi connectivity index (χ4v) is 2.86. The Kier molecular flexibility index (Phi) is 4.83. The maximum Gasteiger partial charge on any atom is 0.311 e. The van der Waals surface area contributed by atoms with Crippen molar-refractivity contribution in [1.82, 2.24) is 9.97 Å². The van der Waals surface area contributed by atoms with Crippen molar-refractivity contribution in [3.05, 3.63) is 84.7 Å². The molecule has 2 aromatic carbocycles. The molecular formula is C22H18N2O3. The molecule has 4 aromatic rings. The van der Waals surface area contributed by atoms with Crippen LogP contribution in [0.5, 0.6) is 17.4 Å². The van der Waals surface area contributed by atoms with Gasteiger partial charge >= 0.3 is 5.97 Å². The van der Waals surface area contributed by atoms with Crippen molar-refractivity contribution in [3.63, 3.8) is 0 Å². The monoisotopic (exact) mass is 358 g/mol. The summed E-state index contributed by atoms with van der Waals surface area (Å²) in [5.41, 5.74) is 2.19. The molecule has 0 unspecified atom stereocenters. The van der Waals surface area contributed by atoms with Gasteiger partial charge in [-0.15, -0.1) is 0 Å². The summed E-state index contributed by atoms with van der Waals surface area (Å²) in [6.45, 7) is 0. The zero-order valence-electron chi connectivity index (χ0n) is 14.6. The number of aromatic nitrogens is 2. The number of hydrogen-bond acceptors (Lipinski definition) is 4. The molecule has 5 heteroatoms. The summed E-state index contributed by atoms with van der Waals surface area (Å²) in [6, 6.07) is 20.4. The number of aromatic amines is 1. The first-order chi connectivity index (χ1) is 13.3. The normalized spacial score (nSPS) is 10.7. The van der Waals surface area contributed by atoms with E-state index in [1.54, 1.807) is 36.5 Å². The molecule has 0 amide bonds. The highest BCUT2D eigenvalue weighted by molar-refractivity contribution is 5.83. The van der Waals surface area contributed by atoms with Crippen LogP contribution in [0.3, 0.4) is 0 Å². The number of pyridine rings is 1. The third kappa shape index (κ3) is 4.15. The molecule has 0 spiro atoms. The number of benzene rings is 2. The second-order valence-electron chi connectivity index (χ2n) is 6.08. The Morgan fingerprint density at radius 1 is 0.926 bits per heavy atom. The van der Waals surface area contributed by atoms with Crippen molar-refractivity contribution in [3.8, 4) is 17.4 Å². The number of nitrogens with one attached hydrogen (secondary N) is 1. The van der Waals surface area contributed by atoms with Gasteiger partial charge in [0.1, 0.15) is 11.5 Å². The number of aryl methyl sites for hydroxylation is 1. The van der Waals surface area contributed by atoms with Crippen LogP contribution in [0.1, 0.15) is 12.0 Å². The van der Waals surface area contributed by atoms with Crippen molar-refractivity contribution in [2.45, 2.75) is 12.8 Å². The first-order valence-electron chi connectivity index (χ1n) is 8.72. The standard InChI is InChI=1S/C22H18N2O3/c25-22(13-8-16-15-24-20-6-2-1-5-19(16)20)27-18-11-9-17(10-12-18)26-21-7-3-4-14-23-21/h1-7,9-12,14-15,24H,8,13H2. The van der Waals surface area contributed by atoms with Crippen molar-refractivity contribution in [2.24, 2.45) is 0 Å². The number of carbonyl (C=O) groups excluding carboxylic acids is 1. The Morgan fingerprint density at radius 3 is 2.52 bits per heavy atom. The number of H-pyrrole nitrogens is 1. The molecule has 5 nitrogen and oxygen atoms in total. The first-order valence-corrected chi connectivity index (χ1v) is 8.72. The fraction of sp³-hybridized carbons (Fsp3) is 0.0909. The molecule has 134 valence electrons. The highest BCUT2D eigenvalue weighted by Crippen LogP contribution is 2.23. The van der Waals surface area contributed by atoms with Gasteiger partial charge in [-0.1, -0.05) is 24.3 Å². The maximum absolute atomic E-state index is 12.1. The van der Waals surface area contributed by atoms with Gasteiger partial charge < -0.3 is 14.5 Å². The van der Waals surface area contributed by atoms with E-state index in [9.17, 15) is 4.79 Å². The zero-order valence-corrected chi connectivity index (χ0v) is 14.6. The first kappa shape index (κ1) is 16.8. The minimum absolute atomic E-state index is 0.265. The average Bonchev–Trinajstić information content (AvgIpc) is 3.12. The number of rotatable bonds is 6. The summed E-state index contributed by atoms with van der Waals surface area (Å²) in [7, 11) is 0. The van der Waals surface area contributed by atoms with Crippen LogP contribution in [0.15, 0.2) is 79.1 Å². The Morgan fingerprint density at radius 2 is 1.70 bits per heavy atom. The highest BCUT2D eigenvalue weighted by Gasteiger charge is 2.09. The number of ether oxygens (including phenoxy) is 2. The largest absolute Gasteiger partial charge is 0.439 e. The molecule has 0 radical (unpaired) electrons. The minimum atomic E-state index is -0.265. The summed E-state index contributed by atoms with van der Waals surface area (Å²) in [6.07, 6.45) is 4.55. The van der Waals surface area contributed by atoms with Crippen LogP contribution in [0, 0.1) is 0 Å². The molecule has 0 saturated carbocycles. The van der Waals surface area contributed by atoms with E-state index in [0.29, 0.717) is 30.2 Å². The van der Waals surface area contributed by atoms with Crippen LogP contribution >= 0.6 is 0 Å². The van der Waals surface area contributed by atoms with Gasteiger partial charge in [0, 0.05) is 29.4 Å². The number of para-hydroxylation sites is 1. The molecule has 0 aliphatic heterocycles. The van der Waals surface area contributed by atoms with E-state index in [2.05, 4.69) is 9.97 Å². The van der Waals surface area contributed by atoms with Gasteiger partial charge in [-0.3, -0.25) is 4.79 Å². The molecule has 0 aliphatic rings. The Balaban J connectivity index is 1.33. The molecule has 27 heavy (non-hydrogen) atoms. The molecule has 0 fully saturated rings. The number of fused-ring (bicyclic) bond motifs is 1. The molecule has 0 aliphatic carbocycles. The Hall–Kier alpha value is -3.60. The van der Waals surface area contributed by atoms with Crippen molar-refractivity contribution in [1.29, 1.82) is 0 Å². The Bertz CT molecular complexity index is 1040. The van der Waals surface area contributed by atoms with Crippen molar-refractivity contribution < 1.29 is 14.3 Å². The van der Waals surface area contributed by atoms with Crippen LogP contribution < -0.4 is 9.47 Å². The maximum atomic E-state index is 12.1. The fourth-order valence-electron chi connectivity index (χ4n) is 2.86. The van der Waals surface area contributed by atoms with Crippen LogP contribution in [-0.2, 0) is 11.2 Å². The number of esters is 1. The molecule has 1 N–H and O–H groups in total. The van der Waals surface area contributed by atoms with Crippen molar-refractivity contribution in [2.75, 3.05) is 0 Å². The second kappa shape index (κ2) is 7.74. The van der Waals surface area contributed by atoms with Gasteiger partial charge in [0.25, 0.3) is 0 Å². The molecule has 2 aromatic heterocycles. The lowest BCUT2D eigenvalue weighted by atomic mass is 10.1. The van der Waals surface area contributed by atoms with E-state index in [4.69, 9.17) is 9.47 Å². The topological polar surface area (TPSA) is 64.2 Å². The van der Waals surface area contributed by atoms with Gasteiger partial charge in [0.15, 0.2) is 0 Å². The molecular weight excluding hydrogens is 340 g/mol. The smallest absolute Gasteiger partial charge is 0.311 e. The van der Waals surface area contributed by atoms with E-state index in [1.165, 1.54) is 0 Å². The molecule has 0 atom stereocenters. The number of carbonyl (C=O) groups is 1. The van der Waals surface area contributed by atoms with E-state index in [-0.39, 0.29) is 5.97 Å².